The van der Waals surface area contributed by atoms with E-state index in [2.05, 4.69) is 15.5 Å². The number of methoxy groups -OCH3 is 1. The van der Waals surface area contributed by atoms with Gasteiger partial charge >= 0.3 is 0 Å². The maximum Gasteiger partial charge on any atom is 0.257 e. The van der Waals surface area contributed by atoms with Gasteiger partial charge in [0.1, 0.15) is 5.56 Å². The lowest BCUT2D eigenvalue weighted by Gasteiger charge is -2.21. The van der Waals surface area contributed by atoms with Gasteiger partial charge in [0.15, 0.2) is 5.84 Å². The zero-order valence-electron chi connectivity index (χ0n) is 11.1. The van der Waals surface area contributed by atoms with Gasteiger partial charge in [0.05, 0.1) is 13.2 Å². The highest BCUT2D eigenvalue weighted by molar-refractivity contribution is 5.99. The SMILES string of the molecule is COc1ncccc1C(=O)NC(C(N)=NO)C(C)C. The van der Waals surface area contributed by atoms with Crippen LogP contribution >= 0.6 is 0 Å². The molecule has 104 valence electrons. The fourth-order valence-corrected chi connectivity index (χ4v) is 1.59. The molecule has 1 unspecified atom stereocenters. The molecule has 0 fully saturated rings. The van der Waals surface area contributed by atoms with Crippen molar-refractivity contribution in [2.75, 3.05) is 7.11 Å². The summed E-state index contributed by atoms with van der Waals surface area (Å²) in [5.74, 6) is -0.244. The normalized spacial score (nSPS) is 13.2. The molecule has 0 aliphatic heterocycles. The number of hydrogen-bond donors (Lipinski definition) is 3. The first kappa shape index (κ1) is 14.7. The first-order valence-electron chi connectivity index (χ1n) is 5.78. The van der Waals surface area contributed by atoms with E-state index < -0.39 is 11.9 Å². The number of oxime groups is 1. The summed E-state index contributed by atoms with van der Waals surface area (Å²) in [4.78, 5) is 16.1. The Bertz CT molecular complexity index is 474. The maximum atomic E-state index is 12.1. The summed E-state index contributed by atoms with van der Waals surface area (Å²) >= 11 is 0. The summed E-state index contributed by atoms with van der Waals surface area (Å²) in [6.45, 7) is 3.70. The van der Waals surface area contributed by atoms with Crippen molar-refractivity contribution < 1.29 is 14.7 Å². The molecule has 1 aromatic heterocycles. The molecular weight excluding hydrogens is 248 g/mol. The Morgan fingerprint density at radius 1 is 1.58 bits per heavy atom. The van der Waals surface area contributed by atoms with E-state index in [4.69, 9.17) is 15.7 Å². The quantitative estimate of drug-likeness (QED) is 0.313. The van der Waals surface area contributed by atoms with Crippen molar-refractivity contribution in [1.29, 1.82) is 0 Å². The molecule has 0 saturated carbocycles. The van der Waals surface area contributed by atoms with Gasteiger partial charge in [-0.3, -0.25) is 4.79 Å². The number of nitrogens with zero attached hydrogens (tertiary/aromatic N) is 2. The largest absolute Gasteiger partial charge is 0.480 e. The van der Waals surface area contributed by atoms with Crippen molar-refractivity contribution in [2.24, 2.45) is 16.8 Å². The molecule has 1 heterocycles. The Balaban J connectivity index is 2.94. The lowest BCUT2D eigenvalue weighted by Crippen LogP contribution is -2.47. The number of nitrogens with one attached hydrogen (secondary N) is 1. The number of pyridine rings is 1. The number of aromatic nitrogens is 1. The minimum Gasteiger partial charge on any atom is -0.480 e. The number of hydrogen-bond acceptors (Lipinski definition) is 5. The molecule has 7 nitrogen and oxygen atoms in total. The van der Waals surface area contributed by atoms with Gasteiger partial charge in [-0.05, 0) is 18.1 Å². The van der Waals surface area contributed by atoms with Crippen LogP contribution in [0.1, 0.15) is 24.2 Å². The predicted octanol–water partition coefficient (Wildman–Crippen LogP) is 0.591. The molecule has 0 aliphatic rings. The number of rotatable bonds is 5. The van der Waals surface area contributed by atoms with E-state index in [1.54, 1.807) is 12.1 Å². The summed E-state index contributed by atoms with van der Waals surface area (Å²) in [5, 5.41) is 14.3. The van der Waals surface area contributed by atoms with Crippen molar-refractivity contribution in [2.45, 2.75) is 19.9 Å². The summed E-state index contributed by atoms with van der Waals surface area (Å²) in [7, 11) is 1.43. The van der Waals surface area contributed by atoms with Gasteiger partial charge < -0.3 is 21.0 Å². The van der Waals surface area contributed by atoms with Gasteiger partial charge in [-0.15, -0.1) is 0 Å². The van der Waals surface area contributed by atoms with Crippen molar-refractivity contribution in [3.05, 3.63) is 23.9 Å². The molecule has 1 aromatic rings. The van der Waals surface area contributed by atoms with Crippen molar-refractivity contribution >= 4 is 11.7 Å². The Hall–Kier alpha value is -2.31. The van der Waals surface area contributed by atoms with Crippen LogP contribution in [-0.2, 0) is 0 Å². The smallest absolute Gasteiger partial charge is 0.257 e. The van der Waals surface area contributed by atoms with Gasteiger partial charge in [-0.1, -0.05) is 19.0 Å². The lowest BCUT2D eigenvalue weighted by molar-refractivity contribution is 0.0935. The molecule has 0 aliphatic carbocycles. The minimum absolute atomic E-state index is 0.0254. The molecule has 19 heavy (non-hydrogen) atoms. The zero-order valence-corrected chi connectivity index (χ0v) is 11.1. The van der Waals surface area contributed by atoms with E-state index in [1.165, 1.54) is 13.3 Å². The molecule has 0 saturated heterocycles. The third-order valence-corrected chi connectivity index (χ3v) is 2.60. The second-order valence-electron chi connectivity index (χ2n) is 4.28. The Morgan fingerprint density at radius 3 is 2.79 bits per heavy atom. The lowest BCUT2D eigenvalue weighted by atomic mass is 10.0. The fraction of sp³-hybridized carbons (Fsp3) is 0.417. The topological polar surface area (TPSA) is 110 Å². The average molecular weight is 266 g/mol. The predicted molar refractivity (Wildman–Crippen MR) is 70.3 cm³/mol. The van der Waals surface area contributed by atoms with E-state index in [-0.39, 0.29) is 17.6 Å². The van der Waals surface area contributed by atoms with Crippen LogP contribution in [-0.4, -0.2) is 35.1 Å². The van der Waals surface area contributed by atoms with Crippen molar-refractivity contribution in [3.63, 3.8) is 0 Å². The zero-order chi connectivity index (χ0) is 14.4. The molecule has 7 heteroatoms. The summed E-state index contributed by atoms with van der Waals surface area (Å²) in [6.07, 6.45) is 1.53. The molecule has 1 atom stereocenters. The van der Waals surface area contributed by atoms with Crippen LogP contribution in [0.2, 0.25) is 0 Å². The Labute approximate surface area is 111 Å². The molecular formula is C12H18N4O3. The number of nitrogens with two attached hydrogens (primary N) is 1. The first-order valence-corrected chi connectivity index (χ1v) is 5.78. The third kappa shape index (κ3) is 3.57. The molecule has 0 radical (unpaired) electrons. The van der Waals surface area contributed by atoms with Crippen LogP contribution < -0.4 is 15.8 Å². The Morgan fingerprint density at radius 2 is 2.26 bits per heavy atom. The minimum atomic E-state index is -0.567. The van der Waals surface area contributed by atoms with Crippen molar-refractivity contribution in [3.8, 4) is 5.88 Å². The highest BCUT2D eigenvalue weighted by atomic mass is 16.5. The second kappa shape index (κ2) is 6.58. The maximum absolute atomic E-state index is 12.1. The fourth-order valence-electron chi connectivity index (χ4n) is 1.59. The van der Waals surface area contributed by atoms with E-state index in [9.17, 15) is 4.79 Å². The van der Waals surface area contributed by atoms with E-state index >= 15 is 0 Å². The van der Waals surface area contributed by atoms with Crippen LogP contribution in [0.3, 0.4) is 0 Å². The van der Waals surface area contributed by atoms with Gasteiger partial charge in [-0.25, -0.2) is 4.98 Å². The number of amidine groups is 1. The average Bonchev–Trinajstić information content (AvgIpc) is 2.43. The summed E-state index contributed by atoms with van der Waals surface area (Å²) in [5.41, 5.74) is 5.85. The van der Waals surface area contributed by atoms with Gasteiger partial charge in [0, 0.05) is 6.20 Å². The second-order valence-corrected chi connectivity index (χ2v) is 4.28. The summed E-state index contributed by atoms with van der Waals surface area (Å²) in [6, 6.07) is 2.65. The number of carbonyl (C=O) groups is 1. The molecule has 4 N–H and O–H groups in total. The molecule has 0 aromatic carbocycles. The van der Waals surface area contributed by atoms with Gasteiger partial charge in [0.2, 0.25) is 5.88 Å². The standard InChI is InChI=1S/C12H18N4O3/c1-7(2)9(10(13)16-18)15-11(17)8-5-4-6-14-12(8)19-3/h4-7,9,18H,1-3H3,(H2,13,16)(H,15,17). The number of carbonyl (C=O) groups excluding carboxylic acids is 1. The highest BCUT2D eigenvalue weighted by Gasteiger charge is 2.23. The van der Waals surface area contributed by atoms with Crippen LogP contribution in [0.5, 0.6) is 5.88 Å². The van der Waals surface area contributed by atoms with Crippen LogP contribution in [0.15, 0.2) is 23.5 Å². The molecule has 0 spiro atoms. The summed E-state index contributed by atoms with van der Waals surface area (Å²) < 4.78 is 5.01. The van der Waals surface area contributed by atoms with E-state index in [0.717, 1.165) is 0 Å². The first-order chi connectivity index (χ1) is 9.01. The molecule has 0 bridgehead atoms. The van der Waals surface area contributed by atoms with Gasteiger partial charge in [0.25, 0.3) is 5.91 Å². The molecule has 1 rings (SSSR count). The van der Waals surface area contributed by atoms with Crippen LogP contribution in [0.4, 0.5) is 0 Å². The highest BCUT2D eigenvalue weighted by Crippen LogP contribution is 2.14. The van der Waals surface area contributed by atoms with Crippen LogP contribution in [0.25, 0.3) is 0 Å². The molecule has 1 amide bonds. The monoisotopic (exact) mass is 266 g/mol. The van der Waals surface area contributed by atoms with Crippen LogP contribution in [0, 0.1) is 5.92 Å². The number of amides is 1. The van der Waals surface area contributed by atoms with Crippen molar-refractivity contribution in [1.82, 2.24) is 10.3 Å². The number of ether oxygens (including phenoxy) is 1. The Kier molecular flexibility index (Phi) is 5.11. The van der Waals surface area contributed by atoms with E-state index in [1.807, 2.05) is 13.8 Å². The third-order valence-electron chi connectivity index (χ3n) is 2.60. The van der Waals surface area contributed by atoms with E-state index in [0.29, 0.717) is 5.56 Å². The van der Waals surface area contributed by atoms with Gasteiger partial charge in [-0.2, -0.15) is 0 Å².